The number of hydrogen-bond donors (Lipinski definition) is 0. The second kappa shape index (κ2) is 11.7. The van der Waals surface area contributed by atoms with E-state index in [0.717, 1.165) is 25.7 Å². The van der Waals surface area contributed by atoms with Crippen LogP contribution in [0, 0.1) is 0 Å². The molecule has 0 aromatic heterocycles. The Bertz CT molecular complexity index is 314. The first-order chi connectivity index (χ1) is 10.7. The number of rotatable bonds is 13. The molecule has 0 aliphatic carbocycles. The van der Waals surface area contributed by atoms with Gasteiger partial charge >= 0.3 is 5.97 Å². The first-order valence-corrected chi connectivity index (χ1v) is 9.18. The summed E-state index contributed by atoms with van der Waals surface area (Å²) in [6, 6.07) is 0. The Hall–Kier alpha value is -0.830. The average molecular weight is 310 g/mol. The van der Waals surface area contributed by atoms with Gasteiger partial charge in [0.2, 0.25) is 0 Å². The lowest BCUT2D eigenvalue weighted by Crippen LogP contribution is -2.28. The molecule has 0 saturated carbocycles. The third-order valence-corrected chi connectivity index (χ3v) is 4.36. The van der Waals surface area contributed by atoms with E-state index in [0.29, 0.717) is 6.42 Å². The first kappa shape index (κ1) is 19.2. The number of cyclic esters (lactones) is 1. The van der Waals surface area contributed by atoms with Crippen LogP contribution in [0.2, 0.25) is 0 Å². The first-order valence-electron chi connectivity index (χ1n) is 9.18. The molecule has 0 bridgehead atoms. The van der Waals surface area contributed by atoms with Gasteiger partial charge in [0.05, 0.1) is 12.5 Å². The van der Waals surface area contributed by atoms with Crippen LogP contribution in [0.3, 0.4) is 0 Å². The highest BCUT2D eigenvalue weighted by molar-refractivity contribution is 5.72. The number of esters is 1. The summed E-state index contributed by atoms with van der Waals surface area (Å²) in [7, 11) is 0. The molecule has 1 aliphatic rings. The Kier molecular flexibility index (Phi) is 10.2. The minimum absolute atomic E-state index is 0.0497. The van der Waals surface area contributed by atoms with Crippen molar-refractivity contribution in [1.82, 2.24) is 0 Å². The topological polar surface area (TPSA) is 35.5 Å². The summed E-state index contributed by atoms with van der Waals surface area (Å²) in [6.07, 6.45) is 13.8. The van der Waals surface area contributed by atoms with Gasteiger partial charge in [0.25, 0.3) is 0 Å². The second-order valence-electron chi connectivity index (χ2n) is 6.38. The Morgan fingerprint density at radius 3 is 2.55 bits per heavy atom. The van der Waals surface area contributed by atoms with Crippen LogP contribution < -0.4 is 0 Å². The third-order valence-electron chi connectivity index (χ3n) is 4.36. The van der Waals surface area contributed by atoms with Gasteiger partial charge in [-0.05, 0) is 19.3 Å². The zero-order chi connectivity index (χ0) is 16.2. The standard InChI is InChI=1S/C19H34O3/c1-4-7-9-10-12-14-17-18(15-19(20)22-17)21-16(6-3)13-11-8-5-2/h6,16-18H,3-5,7-15H2,1-2H3/t16?,17-,18-/m1/s1. The molecule has 0 amide bonds. The van der Waals surface area contributed by atoms with Crippen LogP contribution in [0.4, 0.5) is 0 Å². The predicted octanol–water partition coefficient (Wildman–Crippen LogP) is 5.18. The van der Waals surface area contributed by atoms with Gasteiger partial charge in [-0.15, -0.1) is 6.58 Å². The van der Waals surface area contributed by atoms with E-state index in [1.807, 2.05) is 6.08 Å². The predicted molar refractivity (Wildman–Crippen MR) is 90.9 cm³/mol. The van der Waals surface area contributed by atoms with Crippen LogP contribution in [0.15, 0.2) is 12.7 Å². The lowest BCUT2D eigenvalue weighted by molar-refractivity contribution is -0.142. The SMILES string of the molecule is C=CC(CCCCC)O[C@@H]1CC(=O)O[C@@H]1CCCCCCC. The highest BCUT2D eigenvalue weighted by Gasteiger charge is 2.36. The average Bonchev–Trinajstić information content (AvgIpc) is 2.86. The number of ether oxygens (including phenoxy) is 2. The molecular formula is C19H34O3. The van der Waals surface area contributed by atoms with E-state index < -0.39 is 0 Å². The lowest BCUT2D eigenvalue weighted by atomic mass is 10.0. The molecule has 22 heavy (non-hydrogen) atoms. The van der Waals surface area contributed by atoms with Crippen molar-refractivity contribution in [2.45, 2.75) is 103 Å². The Balaban J connectivity index is 2.34. The summed E-state index contributed by atoms with van der Waals surface area (Å²) in [6.45, 7) is 8.29. The van der Waals surface area contributed by atoms with Crippen molar-refractivity contribution < 1.29 is 14.3 Å². The molecule has 1 saturated heterocycles. The van der Waals surface area contributed by atoms with Crippen molar-refractivity contribution >= 4 is 5.97 Å². The highest BCUT2D eigenvalue weighted by atomic mass is 16.6. The van der Waals surface area contributed by atoms with E-state index in [9.17, 15) is 4.79 Å². The Morgan fingerprint density at radius 1 is 1.18 bits per heavy atom. The van der Waals surface area contributed by atoms with Crippen LogP contribution in [-0.2, 0) is 14.3 Å². The van der Waals surface area contributed by atoms with Crippen molar-refractivity contribution in [1.29, 1.82) is 0 Å². The Morgan fingerprint density at radius 2 is 1.86 bits per heavy atom. The molecule has 1 unspecified atom stereocenters. The summed E-state index contributed by atoms with van der Waals surface area (Å²) in [5.74, 6) is -0.111. The van der Waals surface area contributed by atoms with Gasteiger partial charge in [-0.3, -0.25) is 4.79 Å². The van der Waals surface area contributed by atoms with Gasteiger partial charge in [-0.1, -0.05) is 64.9 Å². The van der Waals surface area contributed by atoms with Crippen molar-refractivity contribution in [3.05, 3.63) is 12.7 Å². The fraction of sp³-hybridized carbons (Fsp3) is 0.842. The fourth-order valence-electron chi connectivity index (χ4n) is 2.98. The molecule has 0 aromatic carbocycles. The maximum atomic E-state index is 11.6. The van der Waals surface area contributed by atoms with Gasteiger partial charge in [-0.25, -0.2) is 0 Å². The minimum atomic E-state index is -0.111. The van der Waals surface area contributed by atoms with Crippen molar-refractivity contribution in [3.63, 3.8) is 0 Å². The zero-order valence-electron chi connectivity index (χ0n) is 14.5. The maximum Gasteiger partial charge on any atom is 0.308 e. The highest BCUT2D eigenvalue weighted by Crippen LogP contribution is 2.26. The van der Waals surface area contributed by atoms with Gasteiger partial charge in [-0.2, -0.15) is 0 Å². The summed E-state index contributed by atoms with van der Waals surface area (Å²) < 4.78 is 11.6. The number of carbonyl (C=O) groups excluding carboxylic acids is 1. The third kappa shape index (κ3) is 7.44. The summed E-state index contributed by atoms with van der Waals surface area (Å²) >= 11 is 0. The van der Waals surface area contributed by atoms with E-state index in [2.05, 4.69) is 20.4 Å². The Labute approximate surface area is 136 Å². The molecule has 0 spiro atoms. The molecule has 0 aromatic rings. The largest absolute Gasteiger partial charge is 0.460 e. The minimum Gasteiger partial charge on any atom is -0.460 e. The second-order valence-corrected chi connectivity index (χ2v) is 6.38. The van der Waals surface area contributed by atoms with E-state index >= 15 is 0 Å². The molecule has 1 rings (SSSR count). The summed E-state index contributed by atoms with van der Waals surface area (Å²) in [5.41, 5.74) is 0. The summed E-state index contributed by atoms with van der Waals surface area (Å²) in [4.78, 5) is 11.6. The molecule has 3 nitrogen and oxygen atoms in total. The van der Waals surface area contributed by atoms with Gasteiger partial charge in [0, 0.05) is 0 Å². The van der Waals surface area contributed by atoms with Gasteiger partial charge < -0.3 is 9.47 Å². The molecule has 3 atom stereocenters. The van der Waals surface area contributed by atoms with E-state index in [1.54, 1.807) is 0 Å². The molecule has 1 heterocycles. The molecule has 1 fully saturated rings. The van der Waals surface area contributed by atoms with Crippen molar-refractivity contribution in [3.8, 4) is 0 Å². The van der Waals surface area contributed by atoms with Gasteiger partial charge in [0.15, 0.2) is 0 Å². The van der Waals surface area contributed by atoms with Crippen molar-refractivity contribution in [2.24, 2.45) is 0 Å². The van der Waals surface area contributed by atoms with Crippen LogP contribution in [-0.4, -0.2) is 24.3 Å². The normalized spacial score (nSPS) is 22.5. The van der Waals surface area contributed by atoms with Crippen molar-refractivity contribution in [2.75, 3.05) is 0 Å². The monoisotopic (exact) mass is 310 g/mol. The van der Waals surface area contributed by atoms with E-state index in [-0.39, 0.29) is 24.3 Å². The number of unbranched alkanes of at least 4 members (excludes halogenated alkanes) is 6. The lowest BCUT2D eigenvalue weighted by Gasteiger charge is -2.22. The van der Waals surface area contributed by atoms with Gasteiger partial charge in [0.1, 0.15) is 12.2 Å². The number of hydrogen-bond acceptors (Lipinski definition) is 3. The molecular weight excluding hydrogens is 276 g/mol. The zero-order valence-corrected chi connectivity index (χ0v) is 14.5. The quantitative estimate of drug-likeness (QED) is 0.267. The number of carbonyl (C=O) groups is 1. The smallest absolute Gasteiger partial charge is 0.308 e. The van der Waals surface area contributed by atoms with Crippen LogP contribution in [0.25, 0.3) is 0 Å². The van der Waals surface area contributed by atoms with Crippen LogP contribution in [0.5, 0.6) is 0 Å². The van der Waals surface area contributed by atoms with Crippen LogP contribution >= 0.6 is 0 Å². The van der Waals surface area contributed by atoms with E-state index in [1.165, 1.54) is 38.5 Å². The maximum absolute atomic E-state index is 11.6. The van der Waals surface area contributed by atoms with E-state index in [4.69, 9.17) is 9.47 Å². The summed E-state index contributed by atoms with van der Waals surface area (Å²) in [5, 5.41) is 0. The molecule has 0 radical (unpaired) electrons. The fourth-order valence-corrected chi connectivity index (χ4v) is 2.98. The van der Waals surface area contributed by atoms with Crippen LogP contribution in [0.1, 0.15) is 84.5 Å². The molecule has 0 N–H and O–H groups in total. The molecule has 128 valence electrons. The molecule has 3 heteroatoms. The molecule has 1 aliphatic heterocycles.